The molecule has 1 amide bonds. The molecule has 0 radical (unpaired) electrons. The van der Waals surface area contributed by atoms with Gasteiger partial charge in [-0.1, -0.05) is 0 Å². The van der Waals surface area contributed by atoms with Gasteiger partial charge in [0.25, 0.3) is 0 Å². The summed E-state index contributed by atoms with van der Waals surface area (Å²) in [5.41, 5.74) is 1.01. The molecule has 2 heterocycles. The third-order valence-corrected chi connectivity index (χ3v) is 4.80. The number of nitrogens with one attached hydrogen (secondary N) is 2. The number of alkyl carbamates (subject to hydrolysis) is 1. The van der Waals surface area contributed by atoms with Crippen LogP contribution < -0.4 is 20.1 Å². The number of rotatable bonds is 7. The van der Waals surface area contributed by atoms with Crippen LogP contribution >= 0.6 is 15.9 Å². The van der Waals surface area contributed by atoms with Crippen LogP contribution in [0.2, 0.25) is 0 Å². The zero-order chi connectivity index (χ0) is 22.6. The van der Waals surface area contributed by atoms with Gasteiger partial charge in [-0.05, 0) is 48.8 Å². The number of carbonyl (C=O) groups excluding carboxylic acids is 1. The van der Waals surface area contributed by atoms with E-state index in [4.69, 9.17) is 14.2 Å². The SMILES string of the molecule is COc1cc(OC)c(-c2cn3ccc(NCCNC(=O)OC(C)(C)C)nc3n2)cc1Br. The van der Waals surface area contributed by atoms with E-state index < -0.39 is 11.7 Å². The zero-order valence-electron chi connectivity index (χ0n) is 18.2. The standard InChI is InChI=1S/C21H26BrN5O4/c1-21(2,3)31-20(28)24-8-7-23-18-6-9-27-12-15(25-19(27)26-18)13-10-14(22)17(30-5)11-16(13)29-4/h6,9-12H,7-8H2,1-5H3,(H,24,28)(H,23,25,26). The highest BCUT2D eigenvalue weighted by molar-refractivity contribution is 9.10. The molecule has 166 valence electrons. The van der Waals surface area contributed by atoms with Crippen LogP contribution in [0.3, 0.4) is 0 Å². The highest BCUT2D eigenvalue weighted by Crippen LogP contribution is 2.38. The number of halogens is 1. The first kappa shape index (κ1) is 22.7. The van der Waals surface area contributed by atoms with Gasteiger partial charge in [0, 0.05) is 37.1 Å². The van der Waals surface area contributed by atoms with Gasteiger partial charge in [-0.25, -0.2) is 9.78 Å². The van der Waals surface area contributed by atoms with Crippen molar-refractivity contribution < 1.29 is 19.0 Å². The van der Waals surface area contributed by atoms with E-state index >= 15 is 0 Å². The number of carbonyl (C=O) groups is 1. The van der Waals surface area contributed by atoms with Crippen LogP contribution in [0.25, 0.3) is 17.0 Å². The lowest BCUT2D eigenvalue weighted by atomic mass is 10.1. The second kappa shape index (κ2) is 9.42. The number of aromatic nitrogens is 3. The summed E-state index contributed by atoms with van der Waals surface area (Å²) in [6.07, 6.45) is 3.30. The number of anilines is 1. The fraction of sp³-hybridized carbons (Fsp3) is 0.381. The van der Waals surface area contributed by atoms with Crippen molar-refractivity contribution >= 4 is 33.6 Å². The molecule has 0 bridgehead atoms. The molecule has 3 aromatic rings. The van der Waals surface area contributed by atoms with Crippen LogP contribution in [0.1, 0.15) is 20.8 Å². The van der Waals surface area contributed by atoms with E-state index in [1.165, 1.54) is 0 Å². The third kappa shape index (κ3) is 5.78. The van der Waals surface area contributed by atoms with E-state index in [-0.39, 0.29) is 0 Å². The molecule has 3 rings (SSSR count). The van der Waals surface area contributed by atoms with Gasteiger partial charge < -0.3 is 24.8 Å². The van der Waals surface area contributed by atoms with Crippen molar-refractivity contribution in [2.45, 2.75) is 26.4 Å². The number of ether oxygens (including phenoxy) is 3. The van der Waals surface area contributed by atoms with Crippen LogP contribution in [-0.4, -0.2) is 53.4 Å². The minimum Gasteiger partial charge on any atom is -0.496 e. The molecule has 9 nitrogen and oxygen atoms in total. The van der Waals surface area contributed by atoms with Crippen LogP contribution in [0.4, 0.5) is 10.6 Å². The van der Waals surface area contributed by atoms with Gasteiger partial charge in [-0.2, -0.15) is 4.98 Å². The maximum absolute atomic E-state index is 11.7. The average Bonchev–Trinajstić information content (AvgIpc) is 3.13. The molecular formula is C21H26BrN5O4. The maximum atomic E-state index is 11.7. The molecule has 0 spiro atoms. The van der Waals surface area contributed by atoms with Crippen LogP contribution in [0, 0.1) is 0 Å². The predicted octanol–water partition coefficient (Wildman–Crippen LogP) is 4.11. The second-order valence-corrected chi connectivity index (χ2v) is 8.54. The molecule has 0 saturated carbocycles. The molecule has 0 atom stereocenters. The minimum atomic E-state index is -0.523. The van der Waals surface area contributed by atoms with E-state index in [0.29, 0.717) is 36.2 Å². The Hall–Kier alpha value is -3.01. The third-order valence-electron chi connectivity index (χ3n) is 4.18. The zero-order valence-corrected chi connectivity index (χ0v) is 19.7. The van der Waals surface area contributed by atoms with Gasteiger partial charge in [-0.3, -0.25) is 4.40 Å². The minimum absolute atomic E-state index is 0.401. The second-order valence-electron chi connectivity index (χ2n) is 7.69. The number of benzene rings is 1. The van der Waals surface area contributed by atoms with Gasteiger partial charge in [0.2, 0.25) is 5.78 Å². The number of imidazole rings is 1. The number of amides is 1. The van der Waals surface area contributed by atoms with Gasteiger partial charge in [0.1, 0.15) is 22.9 Å². The first-order valence-corrected chi connectivity index (χ1v) is 10.5. The summed E-state index contributed by atoms with van der Waals surface area (Å²) in [7, 11) is 3.21. The van der Waals surface area contributed by atoms with Crippen molar-refractivity contribution in [3.05, 3.63) is 35.1 Å². The average molecular weight is 492 g/mol. The summed E-state index contributed by atoms with van der Waals surface area (Å²) in [5, 5.41) is 5.87. The number of nitrogens with zero attached hydrogens (tertiary/aromatic N) is 3. The van der Waals surface area contributed by atoms with E-state index in [2.05, 4.69) is 36.5 Å². The Labute approximate surface area is 189 Å². The van der Waals surface area contributed by atoms with Crippen molar-refractivity contribution in [1.82, 2.24) is 19.7 Å². The van der Waals surface area contributed by atoms with Gasteiger partial charge >= 0.3 is 6.09 Å². The van der Waals surface area contributed by atoms with Crippen molar-refractivity contribution in [2.24, 2.45) is 0 Å². The molecule has 0 aliphatic heterocycles. The number of fused-ring (bicyclic) bond motifs is 1. The highest BCUT2D eigenvalue weighted by atomic mass is 79.9. The molecule has 0 aliphatic carbocycles. The topological polar surface area (TPSA) is 99.0 Å². The monoisotopic (exact) mass is 491 g/mol. The molecular weight excluding hydrogens is 466 g/mol. The Morgan fingerprint density at radius 3 is 2.55 bits per heavy atom. The van der Waals surface area contributed by atoms with Crippen LogP contribution in [0.15, 0.2) is 35.1 Å². The Kier molecular flexibility index (Phi) is 6.89. The quantitative estimate of drug-likeness (QED) is 0.479. The van der Waals surface area contributed by atoms with Crippen molar-refractivity contribution in [1.29, 1.82) is 0 Å². The predicted molar refractivity (Wildman–Crippen MR) is 122 cm³/mol. The summed E-state index contributed by atoms with van der Waals surface area (Å²) < 4.78 is 18.7. The molecule has 2 aromatic heterocycles. The van der Waals surface area contributed by atoms with Crippen molar-refractivity contribution in [2.75, 3.05) is 32.6 Å². The van der Waals surface area contributed by atoms with E-state index in [0.717, 1.165) is 15.7 Å². The molecule has 10 heteroatoms. The Bertz CT molecular complexity index is 1080. The smallest absolute Gasteiger partial charge is 0.407 e. The van der Waals surface area contributed by atoms with E-state index in [1.807, 2.05) is 55.8 Å². The fourth-order valence-corrected chi connectivity index (χ4v) is 3.34. The fourth-order valence-electron chi connectivity index (χ4n) is 2.83. The Morgan fingerprint density at radius 1 is 1.13 bits per heavy atom. The lowest BCUT2D eigenvalue weighted by Gasteiger charge is -2.19. The summed E-state index contributed by atoms with van der Waals surface area (Å²) in [6.45, 7) is 6.36. The highest BCUT2D eigenvalue weighted by Gasteiger charge is 2.16. The molecule has 31 heavy (non-hydrogen) atoms. The lowest BCUT2D eigenvalue weighted by Crippen LogP contribution is -2.35. The number of hydrogen-bond acceptors (Lipinski definition) is 7. The van der Waals surface area contributed by atoms with Crippen molar-refractivity contribution in [3.8, 4) is 22.8 Å². The lowest BCUT2D eigenvalue weighted by molar-refractivity contribution is 0.0530. The molecule has 0 aliphatic rings. The first-order chi connectivity index (χ1) is 14.7. The Morgan fingerprint density at radius 2 is 1.87 bits per heavy atom. The Balaban J connectivity index is 1.70. The van der Waals surface area contributed by atoms with Gasteiger partial charge in [0.15, 0.2) is 0 Å². The molecule has 0 fully saturated rings. The van der Waals surface area contributed by atoms with E-state index in [1.54, 1.807) is 14.2 Å². The molecule has 0 unspecified atom stereocenters. The van der Waals surface area contributed by atoms with Gasteiger partial charge in [-0.15, -0.1) is 0 Å². The molecule has 0 saturated heterocycles. The van der Waals surface area contributed by atoms with Crippen LogP contribution in [0.5, 0.6) is 11.5 Å². The normalized spacial score (nSPS) is 11.3. The molecule has 1 aromatic carbocycles. The van der Waals surface area contributed by atoms with E-state index in [9.17, 15) is 4.79 Å². The van der Waals surface area contributed by atoms with Gasteiger partial charge in [0.05, 0.1) is 24.4 Å². The summed E-state index contributed by atoms with van der Waals surface area (Å²) in [5.74, 6) is 2.51. The number of hydrogen-bond donors (Lipinski definition) is 2. The summed E-state index contributed by atoms with van der Waals surface area (Å²) >= 11 is 3.51. The van der Waals surface area contributed by atoms with Crippen molar-refractivity contribution in [3.63, 3.8) is 0 Å². The molecule has 2 N–H and O–H groups in total. The van der Waals surface area contributed by atoms with Crippen LogP contribution in [-0.2, 0) is 4.74 Å². The number of methoxy groups -OCH3 is 2. The first-order valence-electron chi connectivity index (χ1n) is 9.68. The summed E-state index contributed by atoms with van der Waals surface area (Å²) in [6, 6.07) is 5.55. The maximum Gasteiger partial charge on any atom is 0.407 e. The largest absolute Gasteiger partial charge is 0.496 e. The summed E-state index contributed by atoms with van der Waals surface area (Å²) in [4.78, 5) is 20.8.